The highest BCUT2D eigenvalue weighted by Crippen LogP contribution is 2.34. The predicted molar refractivity (Wildman–Crippen MR) is 80.0 cm³/mol. The van der Waals surface area contributed by atoms with Crippen LogP contribution >= 0.6 is 0 Å². The SMILES string of the molecule is Cn1nccc1-c1cc([C@H]2CCCN2S(C)(=O)=O)ccn1. The van der Waals surface area contributed by atoms with E-state index in [1.165, 1.54) is 6.26 Å². The van der Waals surface area contributed by atoms with Gasteiger partial charge in [-0.1, -0.05) is 0 Å². The van der Waals surface area contributed by atoms with Gasteiger partial charge in [0.2, 0.25) is 10.0 Å². The fraction of sp³-hybridized carbons (Fsp3) is 0.429. The normalized spacial score (nSPS) is 20.0. The number of nitrogens with zero attached hydrogens (tertiary/aromatic N) is 4. The van der Waals surface area contributed by atoms with Crippen LogP contribution in [-0.4, -0.2) is 40.3 Å². The Morgan fingerprint density at radius 2 is 2.10 bits per heavy atom. The molecule has 112 valence electrons. The molecule has 0 aliphatic carbocycles. The minimum Gasteiger partial charge on any atom is -0.266 e. The molecule has 7 heteroatoms. The zero-order valence-corrected chi connectivity index (χ0v) is 12.9. The smallest absolute Gasteiger partial charge is 0.211 e. The van der Waals surface area contributed by atoms with E-state index < -0.39 is 10.0 Å². The van der Waals surface area contributed by atoms with E-state index in [-0.39, 0.29) is 6.04 Å². The fourth-order valence-corrected chi connectivity index (χ4v) is 4.04. The van der Waals surface area contributed by atoms with E-state index in [1.54, 1.807) is 21.4 Å². The first-order valence-electron chi connectivity index (χ1n) is 6.88. The average molecular weight is 306 g/mol. The van der Waals surface area contributed by atoms with Crippen molar-refractivity contribution in [2.75, 3.05) is 12.8 Å². The topological polar surface area (TPSA) is 68.1 Å². The lowest BCUT2D eigenvalue weighted by atomic mass is 10.1. The van der Waals surface area contributed by atoms with E-state index in [9.17, 15) is 8.42 Å². The summed E-state index contributed by atoms with van der Waals surface area (Å²) < 4.78 is 27.1. The van der Waals surface area contributed by atoms with Gasteiger partial charge in [0, 0.05) is 32.0 Å². The molecule has 6 nitrogen and oxygen atoms in total. The van der Waals surface area contributed by atoms with Crippen molar-refractivity contribution in [3.05, 3.63) is 36.2 Å². The molecule has 0 radical (unpaired) electrons. The van der Waals surface area contributed by atoms with Crippen molar-refractivity contribution in [1.29, 1.82) is 0 Å². The Hall–Kier alpha value is -1.73. The highest BCUT2D eigenvalue weighted by molar-refractivity contribution is 7.88. The summed E-state index contributed by atoms with van der Waals surface area (Å²) in [6.45, 7) is 0.590. The highest BCUT2D eigenvalue weighted by Gasteiger charge is 2.32. The molecular weight excluding hydrogens is 288 g/mol. The van der Waals surface area contributed by atoms with Crippen LogP contribution < -0.4 is 0 Å². The van der Waals surface area contributed by atoms with Crippen LogP contribution in [-0.2, 0) is 17.1 Å². The lowest BCUT2D eigenvalue weighted by Crippen LogP contribution is -2.29. The Morgan fingerprint density at radius 3 is 2.76 bits per heavy atom. The average Bonchev–Trinajstić information content (AvgIpc) is 3.06. The Labute approximate surface area is 124 Å². The van der Waals surface area contributed by atoms with E-state index in [4.69, 9.17) is 0 Å². The van der Waals surface area contributed by atoms with E-state index >= 15 is 0 Å². The highest BCUT2D eigenvalue weighted by atomic mass is 32.2. The lowest BCUT2D eigenvalue weighted by Gasteiger charge is -2.22. The number of rotatable bonds is 3. The van der Waals surface area contributed by atoms with E-state index in [2.05, 4.69) is 10.1 Å². The molecule has 2 aromatic heterocycles. The molecule has 1 saturated heterocycles. The molecule has 1 aliphatic rings. The molecule has 2 aromatic rings. The van der Waals surface area contributed by atoms with Gasteiger partial charge >= 0.3 is 0 Å². The Morgan fingerprint density at radius 1 is 1.29 bits per heavy atom. The van der Waals surface area contributed by atoms with Crippen molar-refractivity contribution in [3.63, 3.8) is 0 Å². The summed E-state index contributed by atoms with van der Waals surface area (Å²) in [5.74, 6) is 0. The Kier molecular flexibility index (Phi) is 3.54. The van der Waals surface area contributed by atoms with Crippen LogP contribution in [0, 0.1) is 0 Å². The molecule has 1 fully saturated rings. The summed E-state index contributed by atoms with van der Waals surface area (Å²) in [5, 5.41) is 4.14. The molecule has 0 saturated carbocycles. The second-order valence-electron chi connectivity index (χ2n) is 5.35. The molecule has 1 aliphatic heterocycles. The summed E-state index contributed by atoms with van der Waals surface area (Å²) in [7, 11) is -1.32. The molecule has 3 heterocycles. The van der Waals surface area contributed by atoms with Gasteiger partial charge in [-0.3, -0.25) is 9.67 Å². The molecule has 0 N–H and O–H groups in total. The van der Waals surface area contributed by atoms with Gasteiger partial charge in [0.25, 0.3) is 0 Å². The minimum atomic E-state index is -3.18. The third-order valence-corrected chi connectivity index (χ3v) is 5.17. The van der Waals surface area contributed by atoms with Crippen molar-refractivity contribution in [1.82, 2.24) is 19.1 Å². The molecule has 0 bridgehead atoms. The maximum atomic E-state index is 11.9. The Bertz CT molecular complexity index is 754. The summed E-state index contributed by atoms with van der Waals surface area (Å²) in [6, 6.07) is 5.67. The van der Waals surface area contributed by atoms with Gasteiger partial charge < -0.3 is 0 Å². The van der Waals surface area contributed by atoms with Crippen LogP contribution in [0.1, 0.15) is 24.4 Å². The summed E-state index contributed by atoms with van der Waals surface area (Å²) in [4.78, 5) is 4.37. The van der Waals surface area contributed by atoms with Gasteiger partial charge in [0.15, 0.2) is 0 Å². The number of aryl methyl sites for hydroxylation is 1. The van der Waals surface area contributed by atoms with Gasteiger partial charge in [0.1, 0.15) is 0 Å². The molecule has 21 heavy (non-hydrogen) atoms. The predicted octanol–water partition coefficient (Wildman–Crippen LogP) is 1.58. The van der Waals surface area contributed by atoms with E-state index in [1.807, 2.05) is 25.2 Å². The largest absolute Gasteiger partial charge is 0.266 e. The number of hydrogen-bond donors (Lipinski definition) is 0. The van der Waals surface area contributed by atoms with Gasteiger partial charge in [0.05, 0.1) is 17.6 Å². The Balaban J connectivity index is 1.99. The maximum Gasteiger partial charge on any atom is 0.211 e. The fourth-order valence-electron chi connectivity index (χ4n) is 2.89. The summed E-state index contributed by atoms with van der Waals surface area (Å²) in [5.41, 5.74) is 2.72. The number of aromatic nitrogens is 3. The van der Waals surface area contributed by atoms with Gasteiger partial charge in [-0.05, 0) is 36.6 Å². The molecule has 0 unspecified atom stereocenters. The molecule has 0 spiro atoms. The monoisotopic (exact) mass is 306 g/mol. The van der Waals surface area contributed by atoms with Crippen molar-refractivity contribution in [2.45, 2.75) is 18.9 Å². The molecule has 3 rings (SSSR count). The van der Waals surface area contributed by atoms with Crippen molar-refractivity contribution < 1.29 is 8.42 Å². The third kappa shape index (κ3) is 2.71. The molecular formula is C14H18N4O2S. The second-order valence-corrected chi connectivity index (χ2v) is 7.28. The maximum absolute atomic E-state index is 11.9. The molecule has 1 atom stereocenters. The number of hydrogen-bond acceptors (Lipinski definition) is 4. The van der Waals surface area contributed by atoms with Crippen molar-refractivity contribution in [2.24, 2.45) is 7.05 Å². The van der Waals surface area contributed by atoms with E-state index in [0.29, 0.717) is 6.54 Å². The molecule has 0 aromatic carbocycles. The van der Waals surface area contributed by atoms with Gasteiger partial charge in [-0.15, -0.1) is 0 Å². The first kappa shape index (κ1) is 14.2. The summed E-state index contributed by atoms with van der Waals surface area (Å²) in [6.07, 6.45) is 6.47. The standard InChI is InChI=1S/C14H18N4O2S/c1-17-14(6-8-16-17)12-10-11(5-7-15-12)13-4-3-9-18(13)21(2,19)20/h5-8,10,13H,3-4,9H2,1-2H3/t13-/m1/s1. The second kappa shape index (κ2) is 5.23. The van der Waals surface area contributed by atoms with E-state index in [0.717, 1.165) is 29.8 Å². The zero-order chi connectivity index (χ0) is 15.0. The van der Waals surface area contributed by atoms with Crippen LogP contribution in [0.5, 0.6) is 0 Å². The zero-order valence-electron chi connectivity index (χ0n) is 12.1. The third-order valence-electron chi connectivity index (χ3n) is 3.88. The van der Waals surface area contributed by atoms with Gasteiger partial charge in [-0.2, -0.15) is 9.40 Å². The van der Waals surface area contributed by atoms with Crippen molar-refractivity contribution >= 4 is 10.0 Å². The number of pyridine rings is 1. The molecule has 0 amide bonds. The van der Waals surface area contributed by atoms with Gasteiger partial charge in [-0.25, -0.2) is 8.42 Å². The number of sulfonamides is 1. The minimum absolute atomic E-state index is 0.0880. The quantitative estimate of drug-likeness (QED) is 0.863. The van der Waals surface area contributed by atoms with Crippen LogP contribution in [0.2, 0.25) is 0 Å². The summed E-state index contributed by atoms with van der Waals surface area (Å²) >= 11 is 0. The van der Waals surface area contributed by atoms with Crippen LogP contribution in [0.15, 0.2) is 30.6 Å². The lowest BCUT2D eigenvalue weighted by molar-refractivity contribution is 0.400. The first-order chi connectivity index (χ1) is 9.97. The van der Waals surface area contributed by atoms with Crippen LogP contribution in [0.4, 0.5) is 0 Å². The van der Waals surface area contributed by atoms with Crippen molar-refractivity contribution in [3.8, 4) is 11.4 Å². The first-order valence-corrected chi connectivity index (χ1v) is 8.73. The van der Waals surface area contributed by atoms with Crippen LogP contribution in [0.3, 0.4) is 0 Å². The van der Waals surface area contributed by atoms with Crippen LogP contribution in [0.25, 0.3) is 11.4 Å².